The fraction of sp³-hybridized carbons (Fsp3) is 0.512. The first-order valence-electron chi connectivity index (χ1n) is 19.8. The van der Waals surface area contributed by atoms with E-state index in [1.807, 2.05) is 54.0 Å². The Bertz CT molecular complexity index is 2200. The number of carbonyl (C=O) groups excluding carboxylic acids is 2. The quantitative estimate of drug-likeness (QED) is 0.139. The number of H-pyrrole nitrogens is 2. The van der Waals surface area contributed by atoms with Crippen molar-refractivity contribution < 1.29 is 31.5 Å². The summed E-state index contributed by atoms with van der Waals surface area (Å²) in [5.41, 5.74) is 1.88. The van der Waals surface area contributed by atoms with Crippen molar-refractivity contribution in [3.05, 3.63) is 82.2 Å². The molecular formula is C41H48F5N9O2. The van der Waals surface area contributed by atoms with Crippen molar-refractivity contribution >= 4 is 34.6 Å². The van der Waals surface area contributed by atoms with Crippen LogP contribution in [0.4, 0.5) is 27.6 Å². The van der Waals surface area contributed by atoms with Gasteiger partial charge in [-0.15, -0.1) is 0 Å². The van der Waals surface area contributed by atoms with Crippen LogP contribution in [-0.4, -0.2) is 86.9 Å². The number of aromatic amines is 2. The second-order valence-corrected chi connectivity index (χ2v) is 15.9. The molecule has 4 aliphatic rings. The number of hydrogen-bond donors (Lipinski definition) is 4. The van der Waals surface area contributed by atoms with Gasteiger partial charge in [-0.1, -0.05) is 12.1 Å². The van der Waals surface area contributed by atoms with E-state index in [0.717, 1.165) is 42.6 Å². The second kappa shape index (κ2) is 15.2. The van der Waals surface area contributed by atoms with Gasteiger partial charge in [-0.05, 0) is 103 Å². The van der Waals surface area contributed by atoms with Gasteiger partial charge in [-0.25, -0.2) is 18.7 Å². The smallest absolute Gasteiger partial charge is 0.358 e. The van der Waals surface area contributed by atoms with Crippen molar-refractivity contribution in [3.8, 4) is 0 Å². The number of imidazole rings is 2. The van der Waals surface area contributed by atoms with Crippen LogP contribution in [0.25, 0.3) is 17.1 Å². The standard InChI is InChI=1S/C41H48F5N9O2/c1-21(47-3)39(56)53-15-5-7-34(53)37-49-28-11-9-23(17-30(28)51-37)32-13-14-33(55(32)36-20-26(42)25(19-27(36)43)41(44,45)46)24-10-12-29-31(18-24)52-38(50-29)35-8-6-16-54(35)40(57)22(2)48-4/h9-12,17,19-22,24,32-35,47-48H,5-8,13-16,18H2,1-4H3,(H,49,51)(H,50,52). The number of halogens is 5. The third-order valence-corrected chi connectivity index (χ3v) is 12.5. The number of amides is 2. The summed E-state index contributed by atoms with van der Waals surface area (Å²) in [7, 11) is 3.49. The van der Waals surface area contributed by atoms with E-state index in [-0.39, 0.29) is 53.7 Å². The molecule has 0 spiro atoms. The Labute approximate surface area is 327 Å². The first kappa shape index (κ1) is 39.0. The number of likely N-dealkylation sites (tertiary alicyclic amines) is 2. The highest BCUT2D eigenvalue weighted by Crippen LogP contribution is 2.47. The van der Waals surface area contributed by atoms with E-state index in [1.165, 1.54) is 0 Å². The van der Waals surface area contributed by atoms with Crippen LogP contribution in [0.3, 0.4) is 0 Å². The van der Waals surface area contributed by atoms with Gasteiger partial charge in [-0.2, -0.15) is 13.2 Å². The Hall–Kier alpha value is -4.83. The molecule has 11 nitrogen and oxygen atoms in total. The van der Waals surface area contributed by atoms with E-state index < -0.39 is 35.5 Å². The number of hydrogen-bond acceptors (Lipinski definition) is 7. The molecule has 4 N–H and O–H groups in total. The third kappa shape index (κ3) is 7.08. The van der Waals surface area contributed by atoms with Crippen molar-refractivity contribution in [2.45, 2.75) is 101 Å². The highest BCUT2D eigenvalue weighted by atomic mass is 19.4. The van der Waals surface area contributed by atoms with Crippen molar-refractivity contribution in [3.63, 3.8) is 0 Å². The fourth-order valence-electron chi connectivity index (χ4n) is 9.35. The molecule has 7 atom stereocenters. The lowest BCUT2D eigenvalue weighted by Gasteiger charge is -2.37. The average molecular weight is 794 g/mol. The van der Waals surface area contributed by atoms with Crippen molar-refractivity contribution in [2.75, 3.05) is 32.1 Å². The molecule has 1 aliphatic carbocycles. The molecule has 57 heavy (non-hydrogen) atoms. The van der Waals surface area contributed by atoms with E-state index in [1.54, 1.807) is 19.0 Å². The van der Waals surface area contributed by atoms with E-state index in [4.69, 9.17) is 9.97 Å². The van der Waals surface area contributed by atoms with Crippen LogP contribution in [0.1, 0.15) is 105 Å². The molecule has 2 aromatic carbocycles. The molecule has 0 radical (unpaired) electrons. The average Bonchev–Trinajstić information content (AvgIpc) is 4.04. The van der Waals surface area contributed by atoms with Crippen LogP contribution in [0.2, 0.25) is 0 Å². The summed E-state index contributed by atoms with van der Waals surface area (Å²) in [5.74, 6) is -1.56. The number of benzene rings is 2. The Kier molecular flexibility index (Phi) is 10.4. The van der Waals surface area contributed by atoms with Gasteiger partial charge in [0.25, 0.3) is 0 Å². The molecule has 4 aromatic rings. The molecule has 2 amide bonds. The number of nitrogens with zero attached hydrogens (tertiary/aromatic N) is 5. The first-order valence-corrected chi connectivity index (χ1v) is 19.8. The Morgan fingerprint density at radius 3 is 2.11 bits per heavy atom. The minimum absolute atomic E-state index is 0.000500. The molecule has 5 heterocycles. The zero-order valence-corrected chi connectivity index (χ0v) is 32.4. The summed E-state index contributed by atoms with van der Waals surface area (Å²) >= 11 is 0. The fourth-order valence-corrected chi connectivity index (χ4v) is 9.35. The predicted octanol–water partition coefficient (Wildman–Crippen LogP) is 6.72. The van der Waals surface area contributed by atoms with E-state index >= 15 is 8.78 Å². The van der Waals surface area contributed by atoms with Crippen LogP contribution >= 0.6 is 0 Å². The summed E-state index contributed by atoms with van der Waals surface area (Å²) < 4.78 is 72.5. The maximum Gasteiger partial charge on any atom is 0.419 e. The topological polar surface area (TPSA) is 125 Å². The number of likely N-dealkylation sites (N-methyl/N-ethyl adjacent to an activating group) is 2. The lowest BCUT2D eigenvalue weighted by molar-refractivity contribution is -0.140. The van der Waals surface area contributed by atoms with Gasteiger partial charge in [-0.3, -0.25) is 9.59 Å². The van der Waals surface area contributed by atoms with Crippen molar-refractivity contribution in [1.82, 2.24) is 40.4 Å². The highest BCUT2D eigenvalue weighted by molar-refractivity contribution is 5.83. The molecule has 304 valence electrons. The number of fused-ring (bicyclic) bond motifs is 2. The van der Waals surface area contributed by atoms with E-state index in [0.29, 0.717) is 61.1 Å². The van der Waals surface area contributed by atoms with Gasteiger partial charge in [0.15, 0.2) is 0 Å². The van der Waals surface area contributed by atoms with Crippen LogP contribution in [0.15, 0.2) is 36.4 Å². The molecule has 3 fully saturated rings. The number of aromatic nitrogens is 4. The van der Waals surface area contributed by atoms with Crippen molar-refractivity contribution in [1.29, 1.82) is 0 Å². The SMILES string of the molecule is CNC(C)C(=O)N1CCCC1c1nc2c([nH]1)CC(C1CCC(c3ccc4nc(C5CCCN5C(=O)C(C)NC)[nH]c4c3)N1c1cc(F)c(C(F)(F)F)cc1F)C=C2. The Morgan fingerprint density at radius 1 is 0.825 bits per heavy atom. The molecule has 0 bridgehead atoms. The number of anilines is 1. The number of nitrogens with one attached hydrogen (secondary N) is 4. The number of rotatable bonds is 9. The maximum absolute atomic E-state index is 16.0. The molecule has 7 unspecified atom stereocenters. The molecule has 16 heteroatoms. The summed E-state index contributed by atoms with van der Waals surface area (Å²) in [6.45, 7) is 4.90. The first-order chi connectivity index (χ1) is 27.3. The highest BCUT2D eigenvalue weighted by Gasteiger charge is 2.43. The molecule has 8 rings (SSSR count). The molecule has 0 saturated carbocycles. The van der Waals surface area contributed by atoms with Crippen LogP contribution in [-0.2, 0) is 22.2 Å². The third-order valence-electron chi connectivity index (χ3n) is 12.5. The second-order valence-electron chi connectivity index (χ2n) is 15.9. The van der Waals surface area contributed by atoms with Gasteiger partial charge >= 0.3 is 6.18 Å². The van der Waals surface area contributed by atoms with E-state index in [9.17, 15) is 22.8 Å². The van der Waals surface area contributed by atoms with Gasteiger partial charge in [0.2, 0.25) is 11.8 Å². The lowest BCUT2D eigenvalue weighted by atomic mass is 9.88. The van der Waals surface area contributed by atoms with Gasteiger partial charge in [0.1, 0.15) is 23.3 Å². The summed E-state index contributed by atoms with van der Waals surface area (Å²) in [4.78, 5) is 48.3. The zero-order valence-electron chi connectivity index (χ0n) is 32.4. The number of alkyl halides is 3. The summed E-state index contributed by atoms with van der Waals surface area (Å²) in [5, 5.41) is 6.03. The lowest BCUT2D eigenvalue weighted by Crippen LogP contribution is -2.43. The molecule has 3 aliphatic heterocycles. The monoisotopic (exact) mass is 793 g/mol. The van der Waals surface area contributed by atoms with E-state index in [2.05, 4.69) is 20.6 Å². The largest absolute Gasteiger partial charge is 0.419 e. The Balaban J connectivity index is 1.11. The predicted molar refractivity (Wildman–Crippen MR) is 205 cm³/mol. The Morgan fingerprint density at radius 2 is 1.47 bits per heavy atom. The minimum atomic E-state index is -5.06. The minimum Gasteiger partial charge on any atom is -0.358 e. The summed E-state index contributed by atoms with van der Waals surface area (Å²) in [6.07, 6.45) is 3.63. The molecular weight excluding hydrogens is 746 g/mol. The normalized spacial score (nSPS) is 24.8. The molecule has 3 saturated heterocycles. The zero-order chi connectivity index (χ0) is 40.3. The molecule has 2 aromatic heterocycles. The van der Waals surface area contributed by atoms with Crippen LogP contribution < -0.4 is 15.5 Å². The van der Waals surface area contributed by atoms with Gasteiger partial charge in [0, 0.05) is 36.8 Å². The van der Waals surface area contributed by atoms with Crippen LogP contribution in [0, 0.1) is 17.6 Å². The number of carbonyl (C=O) groups is 2. The van der Waals surface area contributed by atoms with Crippen LogP contribution in [0.5, 0.6) is 0 Å². The van der Waals surface area contributed by atoms with Gasteiger partial charge < -0.3 is 35.3 Å². The maximum atomic E-state index is 16.0. The summed E-state index contributed by atoms with van der Waals surface area (Å²) in [6, 6.07) is 4.57. The van der Waals surface area contributed by atoms with Crippen molar-refractivity contribution in [2.24, 2.45) is 5.92 Å². The van der Waals surface area contributed by atoms with Gasteiger partial charge in [0.05, 0.1) is 58.2 Å².